The number of nitrogens with zero attached hydrogens (tertiary/aromatic N) is 1. The second kappa shape index (κ2) is 6.79. The van der Waals surface area contributed by atoms with Gasteiger partial charge in [0.25, 0.3) is 6.43 Å². The molecule has 1 aromatic rings. The van der Waals surface area contributed by atoms with Crippen LogP contribution in [-0.4, -0.2) is 17.6 Å². The van der Waals surface area contributed by atoms with E-state index < -0.39 is 54.1 Å². The number of alkyl halides is 5. The lowest BCUT2D eigenvalue weighted by Gasteiger charge is -2.16. The number of esters is 1. The Morgan fingerprint density at radius 3 is 2.48 bits per heavy atom. The van der Waals surface area contributed by atoms with Crippen LogP contribution in [0.5, 0.6) is 0 Å². The molecule has 0 fully saturated rings. The van der Waals surface area contributed by atoms with Gasteiger partial charge in [0.15, 0.2) is 0 Å². The second-order valence-corrected chi connectivity index (χ2v) is 4.01. The maximum absolute atomic E-state index is 12.9. The summed E-state index contributed by atoms with van der Waals surface area (Å²) >= 11 is 0. The van der Waals surface area contributed by atoms with E-state index in [0.29, 0.717) is 6.07 Å². The zero-order valence-corrected chi connectivity index (χ0v) is 11.0. The fraction of sp³-hybridized carbons (Fsp3) is 0.500. The molecule has 0 amide bonds. The van der Waals surface area contributed by atoms with Gasteiger partial charge >= 0.3 is 12.1 Å². The van der Waals surface area contributed by atoms with E-state index in [9.17, 15) is 26.7 Å². The molecule has 0 aliphatic carbocycles. The summed E-state index contributed by atoms with van der Waals surface area (Å²) < 4.78 is 68.8. The molecule has 1 aromatic heterocycles. The Morgan fingerprint density at radius 1 is 1.43 bits per heavy atom. The van der Waals surface area contributed by atoms with Gasteiger partial charge < -0.3 is 10.5 Å². The Labute approximate surface area is 117 Å². The Hall–Kier alpha value is -1.77. The minimum absolute atomic E-state index is 0.0106. The molecular weight excluding hydrogens is 299 g/mol. The van der Waals surface area contributed by atoms with Gasteiger partial charge in [0, 0.05) is 6.54 Å². The fourth-order valence-corrected chi connectivity index (χ4v) is 1.71. The number of hydrogen-bond donors (Lipinski definition) is 1. The summed E-state index contributed by atoms with van der Waals surface area (Å²) in [4.78, 5) is 14.6. The Balaban J connectivity index is 3.35. The molecule has 0 saturated carbocycles. The van der Waals surface area contributed by atoms with Crippen molar-refractivity contribution in [2.45, 2.75) is 32.5 Å². The first-order chi connectivity index (χ1) is 9.70. The van der Waals surface area contributed by atoms with E-state index >= 15 is 0 Å². The average molecular weight is 312 g/mol. The second-order valence-electron chi connectivity index (χ2n) is 4.01. The van der Waals surface area contributed by atoms with E-state index in [2.05, 4.69) is 9.72 Å². The highest BCUT2D eigenvalue weighted by Crippen LogP contribution is 2.34. The van der Waals surface area contributed by atoms with Crippen molar-refractivity contribution in [2.24, 2.45) is 5.73 Å². The lowest BCUT2D eigenvalue weighted by molar-refractivity contribution is -0.143. The summed E-state index contributed by atoms with van der Waals surface area (Å²) in [5, 5.41) is 0. The van der Waals surface area contributed by atoms with Gasteiger partial charge in [-0.15, -0.1) is 0 Å². The highest BCUT2D eigenvalue weighted by molar-refractivity contribution is 5.73. The van der Waals surface area contributed by atoms with E-state index in [4.69, 9.17) is 5.73 Å². The highest BCUT2D eigenvalue weighted by Gasteiger charge is 2.36. The largest absolute Gasteiger partial charge is 0.466 e. The van der Waals surface area contributed by atoms with Gasteiger partial charge in [-0.05, 0) is 18.6 Å². The first-order valence-electron chi connectivity index (χ1n) is 5.94. The number of aromatic nitrogens is 1. The monoisotopic (exact) mass is 312 g/mol. The van der Waals surface area contributed by atoms with Crippen LogP contribution in [0.4, 0.5) is 22.0 Å². The minimum Gasteiger partial charge on any atom is -0.466 e. The first-order valence-corrected chi connectivity index (χ1v) is 5.94. The summed E-state index contributed by atoms with van der Waals surface area (Å²) in [6.07, 6.45) is -8.64. The molecule has 0 saturated heterocycles. The highest BCUT2D eigenvalue weighted by atomic mass is 19.4. The maximum Gasteiger partial charge on any atom is 0.418 e. The van der Waals surface area contributed by atoms with Crippen LogP contribution >= 0.6 is 0 Å². The van der Waals surface area contributed by atoms with E-state index in [1.807, 2.05) is 0 Å². The normalized spacial score (nSPS) is 11.8. The Kier molecular flexibility index (Phi) is 5.59. The molecule has 1 heterocycles. The van der Waals surface area contributed by atoms with Crippen molar-refractivity contribution in [1.82, 2.24) is 4.98 Å². The van der Waals surface area contributed by atoms with Gasteiger partial charge in [-0.3, -0.25) is 4.79 Å². The number of halogens is 5. The summed E-state index contributed by atoms with van der Waals surface area (Å²) in [5.41, 5.74) is 1.79. The lowest BCUT2D eigenvalue weighted by atomic mass is 10.0. The number of pyridine rings is 1. The lowest BCUT2D eigenvalue weighted by Crippen LogP contribution is -2.18. The SMILES string of the molecule is CCOC(=O)Cc1cc(C(F)(F)F)c(CN)nc1C(F)F. The number of carbonyl (C=O) groups excluding carboxylic acids is 1. The van der Waals surface area contributed by atoms with Crippen molar-refractivity contribution in [3.05, 3.63) is 28.6 Å². The van der Waals surface area contributed by atoms with Gasteiger partial charge in [-0.1, -0.05) is 0 Å². The predicted octanol–water partition coefficient (Wildman–Crippen LogP) is 2.60. The van der Waals surface area contributed by atoms with Crippen LogP contribution in [0, 0.1) is 0 Å². The average Bonchev–Trinajstić information content (AvgIpc) is 2.37. The summed E-state index contributed by atoms with van der Waals surface area (Å²) in [6.45, 7) is 0.834. The molecule has 0 aliphatic rings. The molecule has 0 unspecified atom stereocenters. The number of carbonyl (C=O) groups is 1. The van der Waals surface area contributed by atoms with Crippen molar-refractivity contribution in [1.29, 1.82) is 0 Å². The van der Waals surface area contributed by atoms with Gasteiger partial charge in [0.05, 0.1) is 24.3 Å². The van der Waals surface area contributed by atoms with Crippen molar-refractivity contribution >= 4 is 5.97 Å². The molecule has 0 bridgehead atoms. The quantitative estimate of drug-likeness (QED) is 0.670. The third-order valence-electron chi connectivity index (χ3n) is 2.56. The maximum atomic E-state index is 12.9. The first kappa shape index (κ1) is 17.3. The van der Waals surface area contributed by atoms with Gasteiger partial charge in [-0.25, -0.2) is 13.8 Å². The van der Waals surface area contributed by atoms with Crippen LogP contribution < -0.4 is 5.73 Å². The summed E-state index contributed by atoms with van der Waals surface area (Å²) in [7, 11) is 0. The molecule has 0 aliphatic heterocycles. The number of ether oxygens (including phenoxy) is 1. The standard InChI is InChI=1S/C12H13F5N2O2/c1-2-21-9(20)4-6-3-7(12(15,16)17)8(5-18)19-10(6)11(13)14/h3,11H,2,4-5,18H2,1H3. The molecule has 0 atom stereocenters. The fourth-order valence-electron chi connectivity index (χ4n) is 1.71. The number of nitrogens with two attached hydrogens (primary N) is 1. The van der Waals surface area contributed by atoms with Gasteiger partial charge in [0.2, 0.25) is 0 Å². The van der Waals surface area contributed by atoms with Crippen LogP contribution in [0.2, 0.25) is 0 Å². The zero-order chi connectivity index (χ0) is 16.2. The molecule has 0 aromatic carbocycles. The zero-order valence-electron chi connectivity index (χ0n) is 11.0. The smallest absolute Gasteiger partial charge is 0.418 e. The molecule has 1 rings (SSSR count). The molecule has 0 spiro atoms. The number of hydrogen-bond acceptors (Lipinski definition) is 4. The third kappa shape index (κ3) is 4.35. The van der Waals surface area contributed by atoms with Crippen LogP contribution in [0.25, 0.3) is 0 Å². The molecule has 4 nitrogen and oxygen atoms in total. The molecule has 2 N–H and O–H groups in total. The van der Waals surface area contributed by atoms with Crippen LogP contribution in [0.15, 0.2) is 6.07 Å². The number of rotatable bonds is 5. The molecule has 21 heavy (non-hydrogen) atoms. The Morgan fingerprint density at radius 2 is 2.05 bits per heavy atom. The molecule has 9 heteroatoms. The minimum atomic E-state index is -4.80. The third-order valence-corrected chi connectivity index (χ3v) is 2.56. The van der Waals surface area contributed by atoms with Gasteiger partial charge in [0.1, 0.15) is 5.69 Å². The molecular formula is C12H13F5N2O2. The van der Waals surface area contributed by atoms with E-state index in [1.54, 1.807) is 0 Å². The van der Waals surface area contributed by atoms with E-state index in [1.165, 1.54) is 6.92 Å². The summed E-state index contributed by atoms with van der Waals surface area (Å²) in [6, 6.07) is 0.480. The van der Waals surface area contributed by atoms with Crippen molar-refractivity contribution in [2.75, 3.05) is 6.61 Å². The van der Waals surface area contributed by atoms with Crippen LogP contribution in [-0.2, 0) is 28.7 Å². The van der Waals surface area contributed by atoms with E-state index in [0.717, 1.165) is 0 Å². The predicted molar refractivity (Wildman–Crippen MR) is 62.4 cm³/mol. The summed E-state index contributed by atoms with van der Waals surface area (Å²) in [5.74, 6) is -0.908. The van der Waals surface area contributed by atoms with Crippen molar-refractivity contribution < 1.29 is 31.5 Å². The molecule has 118 valence electrons. The van der Waals surface area contributed by atoms with Crippen LogP contribution in [0.1, 0.15) is 35.9 Å². The van der Waals surface area contributed by atoms with Crippen molar-refractivity contribution in [3.63, 3.8) is 0 Å². The Bertz CT molecular complexity index is 517. The van der Waals surface area contributed by atoms with Gasteiger partial charge in [-0.2, -0.15) is 13.2 Å². The van der Waals surface area contributed by atoms with E-state index in [-0.39, 0.29) is 6.61 Å². The van der Waals surface area contributed by atoms with Crippen LogP contribution in [0.3, 0.4) is 0 Å². The van der Waals surface area contributed by atoms with Crippen molar-refractivity contribution in [3.8, 4) is 0 Å². The topological polar surface area (TPSA) is 65.2 Å². The molecule has 0 radical (unpaired) electrons.